The third kappa shape index (κ3) is 6.10. The van der Waals surface area contributed by atoms with Crippen molar-refractivity contribution in [3.8, 4) is 10.6 Å². The fourth-order valence-electron chi connectivity index (χ4n) is 3.45. The Bertz CT molecular complexity index is 1320. The number of nitrogens with zero attached hydrogens (tertiary/aromatic N) is 3. The minimum Gasteiger partial charge on any atom is -0.389 e. The average molecular weight is 563 g/mol. The minimum absolute atomic E-state index is 0.182. The summed E-state index contributed by atoms with van der Waals surface area (Å²) in [7, 11) is -5.45. The lowest BCUT2D eigenvalue weighted by Crippen LogP contribution is -2.35. The quantitative estimate of drug-likeness (QED) is 0.430. The summed E-state index contributed by atoms with van der Waals surface area (Å²) in [5.74, 6) is -0.462. The van der Waals surface area contributed by atoms with Crippen LogP contribution in [0.15, 0.2) is 34.5 Å². The Labute approximate surface area is 212 Å². The van der Waals surface area contributed by atoms with E-state index in [1.165, 1.54) is 22.7 Å². The van der Waals surface area contributed by atoms with E-state index >= 15 is 0 Å². The van der Waals surface area contributed by atoms with Crippen molar-refractivity contribution < 1.29 is 36.2 Å². The number of thiazole rings is 2. The first-order valence-corrected chi connectivity index (χ1v) is 13.8. The lowest BCUT2D eigenvalue weighted by molar-refractivity contribution is -0.115. The normalized spacial score (nSPS) is 15.2. The Morgan fingerprint density at radius 1 is 1.17 bits per heavy atom. The van der Waals surface area contributed by atoms with Crippen LogP contribution in [0.25, 0.3) is 10.6 Å². The lowest BCUT2D eigenvalue weighted by Gasteiger charge is -2.26. The van der Waals surface area contributed by atoms with E-state index in [4.69, 9.17) is 4.74 Å². The maximum atomic E-state index is 12.7. The van der Waals surface area contributed by atoms with Crippen LogP contribution in [-0.4, -0.2) is 66.1 Å². The molecule has 3 heterocycles. The Balaban J connectivity index is 1.42. The highest BCUT2D eigenvalue weighted by atomic mass is 32.2. The summed E-state index contributed by atoms with van der Waals surface area (Å²) in [5.41, 5.74) is -3.67. The molecule has 3 aromatic rings. The van der Waals surface area contributed by atoms with E-state index in [1.807, 2.05) is 0 Å². The third-order valence-corrected chi connectivity index (χ3v) is 8.61. The average Bonchev–Trinajstić information content (AvgIpc) is 3.46. The predicted octanol–water partition coefficient (Wildman–Crippen LogP) is 3.07. The zero-order valence-electron chi connectivity index (χ0n) is 18.6. The molecule has 2 N–H and O–H groups in total. The first-order valence-electron chi connectivity index (χ1n) is 10.6. The molecule has 0 aliphatic carbocycles. The van der Waals surface area contributed by atoms with E-state index in [-0.39, 0.29) is 13.0 Å². The molecule has 9 nitrogen and oxygen atoms in total. The fraction of sp³-hybridized carbons (Fsp3) is 0.381. The second kappa shape index (κ2) is 10.9. The first-order chi connectivity index (χ1) is 17.1. The van der Waals surface area contributed by atoms with Gasteiger partial charge in [0, 0.05) is 25.0 Å². The van der Waals surface area contributed by atoms with E-state index in [1.54, 1.807) is 5.38 Å². The highest BCUT2D eigenvalue weighted by Crippen LogP contribution is 2.34. The summed E-state index contributed by atoms with van der Waals surface area (Å²) >= 11 is 2.52. The van der Waals surface area contributed by atoms with Gasteiger partial charge in [-0.3, -0.25) is 9.69 Å². The van der Waals surface area contributed by atoms with Crippen molar-refractivity contribution in [3.05, 3.63) is 45.9 Å². The number of hydrogen-bond donors (Lipinski definition) is 2. The number of anilines is 1. The van der Waals surface area contributed by atoms with Crippen molar-refractivity contribution in [1.82, 2.24) is 14.9 Å². The van der Waals surface area contributed by atoms with Gasteiger partial charge in [-0.15, -0.1) is 22.7 Å². The smallest absolute Gasteiger partial charge is 0.389 e. The lowest BCUT2D eigenvalue weighted by atomic mass is 10.1. The molecule has 0 bridgehead atoms. The number of aliphatic hydroxyl groups excluding tert-OH is 1. The second-order valence-electron chi connectivity index (χ2n) is 7.79. The number of carbonyl (C=O) groups is 1. The van der Waals surface area contributed by atoms with Crippen LogP contribution in [0.5, 0.6) is 0 Å². The Morgan fingerprint density at radius 2 is 1.86 bits per heavy atom. The van der Waals surface area contributed by atoms with Gasteiger partial charge in [-0.2, -0.15) is 13.2 Å². The molecule has 15 heteroatoms. The number of ether oxygens (including phenoxy) is 1. The highest BCUT2D eigenvalue weighted by molar-refractivity contribution is 7.92. The van der Waals surface area contributed by atoms with Crippen LogP contribution < -0.4 is 5.32 Å². The van der Waals surface area contributed by atoms with Crippen LogP contribution >= 0.6 is 22.7 Å². The molecule has 1 saturated heterocycles. The number of carbonyl (C=O) groups excluding carboxylic acids is 1. The Morgan fingerprint density at radius 3 is 2.50 bits per heavy atom. The number of halogens is 3. The van der Waals surface area contributed by atoms with E-state index in [0.717, 1.165) is 47.9 Å². The number of morpholine rings is 1. The van der Waals surface area contributed by atoms with E-state index in [9.17, 15) is 31.5 Å². The van der Waals surface area contributed by atoms with Crippen LogP contribution in [0, 0.1) is 0 Å². The zero-order chi connectivity index (χ0) is 25.9. The number of alkyl halides is 3. The SMILES string of the molecule is O=C(Cc1ccc(S(=O)(=O)C(F)(F)F)cc1)Nc1nc(-c2sc(CO)nc2CN2CCOCC2)cs1. The number of nitrogens with one attached hydrogen (secondary N) is 1. The van der Waals surface area contributed by atoms with Gasteiger partial charge in [0.15, 0.2) is 5.13 Å². The third-order valence-electron chi connectivity index (χ3n) is 5.24. The largest absolute Gasteiger partial charge is 0.501 e. The van der Waals surface area contributed by atoms with Crippen LogP contribution in [0.3, 0.4) is 0 Å². The molecule has 1 aliphatic heterocycles. The molecule has 1 aliphatic rings. The number of aromatic nitrogens is 2. The molecule has 1 fully saturated rings. The van der Waals surface area contributed by atoms with Crippen LogP contribution in [0.1, 0.15) is 16.3 Å². The van der Waals surface area contributed by atoms with Crippen LogP contribution in [0.2, 0.25) is 0 Å². The number of rotatable bonds is 8. The summed E-state index contributed by atoms with van der Waals surface area (Å²) in [6.07, 6.45) is -0.182. The van der Waals surface area contributed by atoms with Crippen molar-refractivity contribution in [2.24, 2.45) is 0 Å². The van der Waals surface area contributed by atoms with E-state index in [2.05, 4.69) is 20.2 Å². The maximum Gasteiger partial charge on any atom is 0.501 e. The molecule has 4 rings (SSSR count). The summed E-state index contributed by atoms with van der Waals surface area (Å²) in [6.45, 7) is 3.20. The van der Waals surface area contributed by atoms with Gasteiger partial charge < -0.3 is 15.2 Å². The summed E-state index contributed by atoms with van der Waals surface area (Å²) < 4.78 is 66.3. The van der Waals surface area contributed by atoms with Gasteiger partial charge in [0.2, 0.25) is 5.91 Å². The topological polar surface area (TPSA) is 122 Å². The molecule has 36 heavy (non-hydrogen) atoms. The molecule has 1 aromatic carbocycles. The molecule has 2 aromatic heterocycles. The maximum absolute atomic E-state index is 12.7. The van der Waals surface area contributed by atoms with Gasteiger partial charge in [0.1, 0.15) is 5.01 Å². The molecule has 1 amide bonds. The predicted molar refractivity (Wildman–Crippen MR) is 127 cm³/mol. The molecule has 0 unspecified atom stereocenters. The van der Waals surface area contributed by atoms with Gasteiger partial charge in [-0.25, -0.2) is 18.4 Å². The van der Waals surface area contributed by atoms with Gasteiger partial charge in [-0.05, 0) is 17.7 Å². The van der Waals surface area contributed by atoms with Crippen molar-refractivity contribution in [2.45, 2.75) is 30.0 Å². The van der Waals surface area contributed by atoms with Crippen LogP contribution in [-0.2, 0) is 38.9 Å². The van der Waals surface area contributed by atoms with Gasteiger partial charge in [0.05, 0.1) is 47.4 Å². The summed E-state index contributed by atoms with van der Waals surface area (Å²) in [6, 6.07) is 3.98. The number of hydrogen-bond acceptors (Lipinski definition) is 10. The molecule has 194 valence electrons. The van der Waals surface area contributed by atoms with Crippen molar-refractivity contribution in [3.63, 3.8) is 0 Å². The molecule has 0 radical (unpaired) electrons. The molecule has 0 saturated carbocycles. The van der Waals surface area contributed by atoms with Gasteiger partial charge in [0.25, 0.3) is 9.84 Å². The Kier molecular flexibility index (Phi) is 8.06. The van der Waals surface area contributed by atoms with Crippen molar-refractivity contribution in [2.75, 3.05) is 31.6 Å². The molecular formula is C21H21F3N4O5S3. The summed E-state index contributed by atoms with van der Waals surface area (Å²) in [5, 5.41) is 14.8. The van der Waals surface area contributed by atoms with Crippen LogP contribution in [0.4, 0.5) is 18.3 Å². The number of amides is 1. The Hall–Kier alpha value is -2.43. The fourth-order valence-corrected chi connectivity index (χ4v) is 5.90. The van der Waals surface area contributed by atoms with Crippen molar-refractivity contribution >= 4 is 43.5 Å². The van der Waals surface area contributed by atoms with Gasteiger partial charge >= 0.3 is 5.51 Å². The number of benzene rings is 1. The van der Waals surface area contributed by atoms with E-state index < -0.39 is 26.1 Å². The number of aliphatic hydroxyl groups is 1. The molecular weight excluding hydrogens is 541 g/mol. The van der Waals surface area contributed by atoms with E-state index in [0.29, 0.717) is 41.2 Å². The standard InChI is InChI=1S/C21H21F3N4O5S3/c22-21(23,24)36(31,32)14-3-1-13(2-4-14)9-17(30)27-20-26-16(12-34-20)19-15(25-18(11-29)35-19)10-28-5-7-33-8-6-28/h1-4,12,29H,5-11H2,(H,26,27,30). The molecule has 0 atom stereocenters. The summed E-state index contributed by atoms with van der Waals surface area (Å²) in [4.78, 5) is 23.5. The monoisotopic (exact) mass is 562 g/mol. The highest BCUT2D eigenvalue weighted by Gasteiger charge is 2.46. The van der Waals surface area contributed by atoms with Gasteiger partial charge in [-0.1, -0.05) is 12.1 Å². The van der Waals surface area contributed by atoms with Crippen molar-refractivity contribution in [1.29, 1.82) is 0 Å². The second-order valence-corrected chi connectivity index (χ2v) is 11.7. The minimum atomic E-state index is -5.45. The zero-order valence-corrected chi connectivity index (χ0v) is 21.1. The number of sulfone groups is 1. The first kappa shape index (κ1) is 26.6. The molecule has 0 spiro atoms.